The standard InChI is InChI=1S/C10H10N6O3/c1-15-7-5-3-2-4-6(7)8(9(15)17)12-13-10(11)14-16(18)19/h2-5,17H,1H3,(H2,11,14). The van der Waals surface area contributed by atoms with E-state index in [0.717, 1.165) is 5.52 Å². The molecule has 1 aromatic heterocycles. The van der Waals surface area contributed by atoms with Crippen molar-refractivity contribution in [1.82, 2.24) is 4.57 Å². The highest BCUT2D eigenvalue weighted by Crippen LogP contribution is 2.37. The van der Waals surface area contributed by atoms with Gasteiger partial charge in [0.05, 0.1) is 5.52 Å². The summed E-state index contributed by atoms with van der Waals surface area (Å²) in [5, 5.41) is 29.6. The number of nitro groups is 1. The van der Waals surface area contributed by atoms with Crippen molar-refractivity contribution in [3.63, 3.8) is 0 Å². The summed E-state index contributed by atoms with van der Waals surface area (Å²) in [6.45, 7) is 0. The first-order valence-electron chi connectivity index (χ1n) is 5.17. The van der Waals surface area contributed by atoms with E-state index in [1.807, 2.05) is 6.07 Å². The minimum atomic E-state index is -0.975. The van der Waals surface area contributed by atoms with E-state index in [4.69, 9.17) is 5.73 Å². The molecule has 0 saturated heterocycles. The average molecular weight is 262 g/mol. The zero-order valence-corrected chi connectivity index (χ0v) is 9.89. The SMILES string of the molecule is Cn1c(O)c(N=N/C(N)=N/[N+](=O)[O-])c2ccccc21. The highest BCUT2D eigenvalue weighted by Gasteiger charge is 2.13. The summed E-state index contributed by atoms with van der Waals surface area (Å²) in [5.41, 5.74) is 6.11. The Bertz CT molecular complexity index is 703. The van der Waals surface area contributed by atoms with Crippen molar-refractivity contribution in [2.24, 2.45) is 28.1 Å². The molecule has 0 saturated carbocycles. The van der Waals surface area contributed by atoms with Crippen LogP contribution in [0.4, 0.5) is 5.69 Å². The topological polar surface area (TPSA) is 131 Å². The van der Waals surface area contributed by atoms with Gasteiger partial charge in [-0.3, -0.25) is 0 Å². The van der Waals surface area contributed by atoms with Crippen molar-refractivity contribution in [3.8, 4) is 5.88 Å². The largest absolute Gasteiger partial charge is 0.493 e. The summed E-state index contributed by atoms with van der Waals surface area (Å²) in [6.07, 6.45) is 0. The Morgan fingerprint density at radius 3 is 2.84 bits per heavy atom. The molecular weight excluding hydrogens is 252 g/mol. The lowest BCUT2D eigenvalue weighted by Gasteiger charge is -1.94. The van der Waals surface area contributed by atoms with Gasteiger partial charge in [-0.1, -0.05) is 18.2 Å². The van der Waals surface area contributed by atoms with E-state index in [0.29, 0.717) is 5.39 Å². The summed E-state index contributed by atoms with van der Waals surface area (Å²) in [6, 6.07) is 7.12. The molecule has 0 radical (unpaired) electrons. The lowest BCUT2D eigenvalue weighted by molar-refractivity contribution is -0.485. The number of azo groups is 1. The van der Waals surface area contributed by atoms with Crippen LogP contribution >= 0.6 is 0 Å². The van der Waals surface area contributed by atoms with E-state index in [1.54, 1.807) is 25.2 Å². The molecule has 0 amide bonds. The molecule has 0 spiro atoms. The van der Waals surface area contributed by atoms with Crippen molar-refractivity contribution >= 4 is 22.5 Å². The van der Waals surface area contributed by atoms with Crippen LogP contribution in [0.5, 0.6) is 5.88 Å². The molecule has 0 fully saturated rings. The summed E-state index contributed by atoms with van der Waals surface area (Å²) < 4.78 is 1.52. The first-order chi connectivity index (χ1) is 9.00. The van der Waals surface area contributed by atoms with Crippen molar-refractivity contribution in [2.75, 3.05) is 0 Å². The quantitative estimate of drug-likeness (QED) is 0.279. The number of hydrogen-bond acceptors (Lipinski definition) is 4. The van der Waals surface area contributed by atoms with Crippen LogP contribution in [-0.4, -0.2) is 20.7 Å². The van der Waals surface area contributed by atoms with Crippen LogP contribution in [-0.2, 0) is 7.05 Å². The van der Waals surface area contributed by atoms with Gasteiger partial charge in [-0.05, 0) is 6.07 Å². The fourth-order valence-corrected chi connectivity index (χ4v) is 1.66. The van der Waals surface area contributed by atoms with E-state index in [1.165, 1.54) is 4.57 Å². The van der Waals surface area contributed by atoms with E-state index in [2.05, 4.69) is 15.3 Å². The molecule has 2 aromatic rings. The summed E-state index contributed by atoms with van der Waals surface area (Å²) in [7, 11) is 1.66. The smallest absolute Gasteiger partial charge is 0.310 e. The van der Waals surface area contributed by atoms with E-state index in [-0.39, 0.29) is 11.6 Å². The first-order valence-corrected chi connectivity index (χ1v) is 5.17. The second-order valence-corrected chi connectivity index (χ2v) is 3.64. The zero-order chi connectivity index (χ0) is 14.0. The van der Waals surface area contributed by atoms with Crippen molar-refractivity contribution in [1.29, 1.82) is 0 Å². The Hall–Kier alpha value is -2.97. The fourth-order valence-electron chi connectivity index (χ4n) is 1.66. The maximum absolute atomic E-state index is 10.1. The van der Waals surface area contributed by atoms with Gasteiger partial charge < -0.3 is 15.4 Å². The number of aromatic nitrogens is 1. The molecular formula is C10H10N6O3. The van der Waals surface area contributed by atoms with Gasteiger partial charge in [0.1, 0.15) is 5.10 Å². The predicted molar refractivity (Wildman–Crippen MR) is 67.7 cm³/mol. The van der Waals surface area contributed by atoms with Crippen LogP contribution in [0.1, 0.15) is 0 Å². The van der Waals surface area contributed by atoms with Crippen LogP contribution in [0.2, 0.25) is 0 Å². The molecule has 0 aliphatic heterocycles. The maximum atomic E-state index is 10.1. The Morgan fingerprint density at radius 1 is 1.47 bits per heavy atom. The highest BCUT2D eigenvalue weighted by molar-refractivity contribution is 5.95. The predicted octanol–water partition coefficient (Wildman–Crippen LogP) is 1.47. The van der Waals surface area contributed by atoms with E-state index in [9.17, 15) is 15.2 Å². The third-order valence-electron chi connectivity index (χ3n) is 2.49. The van der Waals surface area contributed by atoms with Crippen molar-refractivity contribution in [2.45, 2.75) is 0 Å². The molecule has 98 valence electrons. The van der Waals surface area contributed by atoms with Gasteiger partial charge in [-0.25, -0.2) is 10.1 Å². The molecule has 0 bridgehead atoms. The first kappa shape index (κ1) is 12.5. The van der Waals surface area contributed by atoms with E-state index < -0.39 is 11.0 Å². The van der Waals surface area contributed by atoms with Gasteiger partial charge in [0.2, 0.25) is 5.88 Å². The molecule has 9 nitrogen and oxygen atoms in total. The Labute approximate surface area is 106 Å². The second-order valence-electron chi connectivity index (χ2n) is 3.64. The maximum Gasteiger partial charge on any atom is 0.310 e. The number of aromatic hydroxyl groups is 1. The number of nitrogens with two attached hydrogens (primary N) is 1. The Morgan fingerprint density at radius 2 is 2.16 bits per heavy atom. The summed E-state index contributed by atoms with van der Waals surface area (Å²) in [5.74, 6) is -0.712. The zero-order valence-electron chi connectivity index (χ0n) is 9.89. The number of benzene rings is 1. The van der Waals surface area contributed by atoms with Crippen molar-refractivity contribution < 1.29 is 10.1 Å². The van der Waals surface area contributed by atoms with Crippen molar-refractivity contribution in [3.05, 3.63) is 34.4 Å². The number of rotatable bonds is 2. The number of hydrazone groups is 1. The molecule has 19 heavy (non-hydrogen) atoms. The van der Waals surface area contributed by atoms with Gasteiger partial charge in [0.25, 0.3) is 0 Å². The third kappa shape index (κ3) is 2.34. The average Bonchev–Trinajstić information content (AvgIpc) is 2.60. The highest BCUT2D eigenvalue weighted by atomic mass is 16.7. The number of nitrogens with zero attached hydrogens (tertiary/aromatic N) is 5. The van der Waals surface area contributed by atoms with Crippen LogP contribution in [0.3, 0.4) is 0 Å². The fraction of sp³-hybridized carbons (Fsp3) is 0.100. The lowest BCUT2D eigenvalue weighted by Crippen LogP contribution is -2.09. The van der Waals surface area contributed by atoms with Gasteiger partial charge in [0.15, 0.2) is 10.7 Å². The molecule has 1 heterocycles. The Balaban J connectivity index is 2.49. The monoisotopic (exact) mass is 262 g/mol. The minimum absolute atomic E-state index is 0.112. The molecule has 0 aliphatic carbocycles. The molecule has 3 N–H and O–H groups in total. The molecule has 1 aromatic carbocycles. The molecule has 0 aliphatic rings. The van der Waals surface area contributed by atoms with Gasteiger partial charge >= 0.3 is 5.96 Å². The second kappa shape index (κ2) is 4.72. The number of aryl methyl sites for hydroxylation is 1. The lowest BCUT2D eigenvalue weighted by atomic mass is 10.2. The molecule has 0 unspecified atom stereocenters. The summed E-state index contributed by atoms with van der Waals surface area (Å²) in [4.78, 5) is 10.1. The third-order valence-corrected chi connectivity index (χ3v) is 2.49. The van der Waals surface area contributed by atoms with Gasteiger partial charge in [-0.15, -0.1) is 10.2 Å². The summed E-state index contributed by atoms with van der Waals surface area (Å²) >= 11 is 0. The van der Waals surface area contributed by atoms with Crippen LogP contribution in [0, 0.1) is 10.1 Å². The van der Waals surface area contributed by atoms with Crippen LogP contribution in [0.15, 0.2) is 39.6 Å². The van der Waals surface area contributed by atoms with Crippen LogP contribution in [0.25, 0.3) is 10.9 Å². The van der Waals surface area contributed by atoms with Crippen LogP contribution < -0.4 is 5.73 Å². The molecule has 0 atom stereocenters. The number of para-hydroxylation sites is 1. The number of fused-ring (bicyclic) bond motifs is 1. The van der Waals surface area contributed by atoms with Gasteiger partial charge in [-0.2, -0.15) is 0 Å². The van der Waals surface area contributed by atoms with E-state index >= 15 is 0 Å². The number of guanidine groups is 1. The Kier molecular flexibility index (Phi) is 3.10. The molecule has 9 heteroatoms. The molecule has 2 rings (SSSR count). The van der Waals surface area contributed by atoms with Gasteiger partial charge in [0, 0.05) is 12.4 Å². The minimum Gasteiger partial charge on any atom is -0.493 e. The normalized spacial score (nSPS) is 12.4. The number of hydrogen-bond donors (Lipinski definition) is 2.